The SMILES string of the molecule is CCC(C)(C)NC(=O)C1CCN(S(=O)(=O)c2ccc3c(c2)CCCC3)CC1. The average Bonchev–Trinajstić information content (AvgIpc) is 2.67. The van der Waals surface area contributed by atoms with Gasteiger partial charge in [0.1, 0.15) is 0 Å². The first kappa shape index (κ1) is 20.3. The fraction of sp³-hybridized carbons (Fsp3) is 0.667. The summed E-state index contributed by atoms with van der Waals surface area (Å²) in [6, 6.07) is 5.60. The molecule has 1 aromatic carbocycles. The van der Waals surface area contributed by atoms with Gasteiger partial charge in [-0.15, -0.1) is 0 Å². The average molecular weight is 393 g/mol. The number of carbonyl (C=O) groups is 1. The fourth-order valence-electron chi connectivity index (χ4n) is 3.90. The number of aryl methyl sites for hydroxylation is 2. The van der Waals surface area contributed by atoms with E-state index in [4.69, 9.17) is 0 Å². The van der Waals surface area contributed by atoms with Crippen molar-refractivity contribution in [2.45, 2.75) is 76.2 Å². The van der Waals surface area contributed by atoms with E-state index in [1.54, 1.807) is 10.4 Å². The van der Waals surface area contributed by atoms with E-state index in [-0.39, 0.29) is 17.4 Å². The molecule has 2 aliphatic rings. The first-order valence-electron chi connectivity index (χ1n) is 10.2. The van der Waals surface area contributed by atoms with Crippen molar-refractivity contribution < 1.29 is 13.2 Å². The molecule has 1 saturated heterocycles. The van der Waals surface area contributed by atoms with Crippen molar-refractivity contribution >= 4 is 15.9 Å². The second-order valence-electron chi connectivity index (χ2n) is 8.54. The number of hydrogen-bond donors (Lipinski definition) is 1. The Morgan fingerprint density at radius 3 is 2.41 bits per heavy atom. The number of piperidine rings is 1. The second-order valence-corrected chi connectivity index (χ2v) is 10.5. The standard InChI is InChI=1S/C21H32N2O3S/c1-4-21(2,3)22-20(24)17-11-13-23(14-12-17)27(25,26)19-10-9-16-7-5-6-8-18(16)15-19/h9-10,15,17H,4-8,11-14H2,1-3H3,(H,22,24). The minimum absolute atomic E-state index is 0.0488. The Labute approximate surface area is 163 Å². The lowest BCUT2D eigenvalue weighted by Gasteiger charge is -2.33. The molecule has 0 bridgehead atoms. The number of hydrogen-bond acceptors (Lipinski definition) is 3. The van der Waals surface area contributed by atoms with E-state index in [0.29, 0.717) is 30.8 Å². The summed E-state index contributed by atoms with van der Waals surface area (Å²) in [6.45, 7) is 6.89. The molecule has 1 aliphatic heterocycles. The summed E-state index contributed by atoms with van der Waals surface area (Å²) in [6.07, 6.45) is 6.35. The van der Waals surface area contributed by atoms with Crippen LogP contribution in [0.2, 0.25) is 0 Å². The van der Waals surface area contributed by atoms with Crippen LogP contribution < -0.4 is 5.32 Å². The monoisotopic (exact) mass is 392 g/mol. The highest BCUT2D eigenvalue weighted by molar-refractivity contribution is 7.89. The van der Waals surface area contributed by atoms with Crippen molar-refractivity contribution in [1.82, 2.24) is 9.62 Å². The van der Waals surface area contributed by atoms with Crippen molar-refractivity contribution in [3.8, 4) is 0 Å². The minimum atomic E-state index is -3.48. The molecule has 3 rings (SSSR count). The number of amides is 1. The van der Waals surface area contributed by atoms with E-state index in [2.05, 4.69) is 5.32 Å². The third kappa shape index (κ3) is 4.54. The Kier molecular flexibility index (Phi) is 5.96. The molecule has 0 unspecified atom stereocenters. The predicted molar refractivity (Wildman–Crippen MR) is 107 cm³/mol. The van der Waals surface area contributed by atoms with Gasteiger partial charge in [-0.3, -0.25) is 4.79 Å². The van der Waals surface area contributed by atoms with Crippen LogP contribution in [0.1, 0.15) is 64.0 Å². The summed E-state index contributed by atoms with van der Waals surface area (Å²) in [5, 5.41) is 3.09. The van der Waals surface area contributed by atoms with E-state index >= 15 is 0 Å². The summed E-state index contributed by atoms with van der Waals surface area (Å²) < 4.78 is 27.6. The molecular formula is C21H32N2O3S. The van der Waals surface area contributed by atoms with Crippen LogP contribution in [0.3, 0.4) is 0 Å². The molecule has 1 heterocycles. The molecule has 1 fully saturated rings. The molecule has 1 aromatic rings. The smallest absolute Gasteiger partial charge is 0.243 e. The van der Waals surface area contributed by atoms with Crippen LogP contribution in [0.4, 0.5) is 0 Å². The Bertz CT molecular complexity index is 794. The molecule has 0 radical (unpaired) electrons. The van der Waals surface area contributed by atoms with Crippen molar-refractivity contribution in [2.24, 2.45) is 5.92 Å². The molecule has 0 atom stereocenters. The van der Waals surface area contributed by atoms with Crippen LogP contribution in [0, 0.1) is 5.92 Å². The van der Waals surface area contributed by atoms with Gasteiger partial charge in [-0.2, -0.15) is 4.31 Å². The Balaban J connectivity index is 1.65. The van der Waals surface area contributed by atoms with Gasteiger partial charge in [0.05, 0.1) is 4.90 Å². The fourth-order valence-corrected chi connectivity index (χ4v) is 5.42. The Hall–Kier alpha value is -1.40. The molecule has 5 nitrogen and oxygen atoms in total. The molecule has 6 heteroatoms. The lowest BCUT2D eigenvalue weighted by Crippen LogP contribution is -2.48. The first-order valence-corrected chi connectivity index (χ1v) is 11.6. The van der Waals surface area contributed by atoms with Gasteiger partial charge < -0.3 is 5.32 Å². The van der Waals surface area contributed by atoms with Crippen molar-refractivity contribution in [1.29, 1.82) is 0 Å². The summed E-state index contributed by atoms with van der Waals surface area (Å²) in [7, 11) is -3.48. The summed E-state index contributed by atoms with van der Waals surface area (Å²) in [4.78, 5) is 12.9. The summed E-state index contributed by atoms with van der Waals surface area (Å²) in [5.74, 6) is -0.0570. The minimum Gasteiger partial charge on any atom is -0.351 e. The van der Waals surface area contributed by atoms with Gasteiger partial charge in [-0.1, -0.05) is 13.0 Å². The lowest BCUT2D eigenvalue weighted by atomic mass is 9.92. The molecule has 0 saturated carbocycles. The molecule has 0 aromatic heterocycles. The van der Waals surface area contributed by atoms with Gasteiger partial charge in [0.15, 0.2) is 0 Å². The van der Waals surface area contributed by atoms with Crippen LogP contribution in [0.15, 0.2) is 23.1 Å². The van der Waals surface area contributed by atoms with Gasteiger partial charge in [-0.05, 0) is 82.1 Å². The number of fused-ring (bicyclic) bond motifs is 1. The zero-order valence-electron chi connectivity index (χ0n) is 16.8. The summed E-state index contributed by atoms with van der Waals surface area (Å²) >= 11 is 0. The topological polar surface area (TPSA) is 66.5 Å². The van der Waals surface area contributed by atoms with Gasteiger partial charge >= 0.3 is 0 Å². The number of nitrogens with zero attached hydrogens (tertiary/aromatic N) is 1. The van der Waals surface area contributed by atoms with Crippen LogP contribution in [-0.2, 0) is 27.7 Å². The predicted octanol–water partition coefficient (Wildman–Crippen LogP) is 3.27. The van der Waals surface area contributed by atoms with Crippen LogP contribution >= 0.6 is 0 Å². The van der Waals surface area contributed by atoms with Crippen LogP contribution in [0.25, 0.3) is 0 Å². The number of rotatable bonds is 5. The van der Waals surface area contributed by atoms with E-state index in [9.17, 15) is 13.2 Å². The van der Waals surface area contributed by atoms with Gasteiger partial charge in [-0.25, -0.2) is 8.42 Å². The maximum atomic E-state index is 13.1. The number of nitrogens with one attached hydrogen (secondary N) is 1. The normalized spacial score (nSPS) is 19.5. The van der Waals surface area contributed by atoms with E-state index in [1.807, 2.05) is 32.9 Å². The van der Waals surface area contributed by atoms with E-state index in [1.165, 1.54) is 17.5 Å². The zero-order valence-corrected chi connectivity index (χ0v) is 17.6. The largest absolute Gasteiger partial charge is 0.351 e. The van der Waals surface area contributed by atoms with E-state index in [0.717, 1.165) is 25.7 Å². The maximum absolute atomic E-state index is 13.1. The number of benzene rings is 1. The quantitative estimate of drug-likeness (QED) is 0.836. The molecular weight excluding hydrogens is 360 g/mol. The molecule has 27 heavy (non-hydrogen) atoms. The molecule has 1 amide bonds. The highest BCUT2D eigenvalue weighted by Crippen LogP contribution is 2.28. The van der Waals surface area contributed by atoms with Gasteiger partial charge in [0.2, 0.25) is 15.9 Å². The zero-order chi connectivity index (χ0) is 19.7. The molecule has 1 N–H and O–H groups in total. The summed E-state index contributed by atoms with van der Waals surface area (Å²) in [5.41, 5.74) is 2.25. The van der Waals surface area contributed by atoms with Crippen molar-refractivity contribution in [3.05, 3.63) is 29.3 Å². The van der Waals surface area contributed by atoms with Gasteiger partial charge in [0, 0.05) is 24.5 Å². The Morgan fingerprint density at radius 2 is 1.78 bits per heavy atom. The second kappa shape index (κ2) is 7.92. The maximum Gasteiger partial charge on any atom is 0.243 e. The van der Waals surface area contributed by atoms with Crippen LogP contribution in [-0.4, -0.2) is 37.3 Å². The van der Waals surface area contributed by atoms with Crippen LogP contribution in [0.5, 0.6) is 0 Å². The third-order valence-corrected chi connectivity index (χ3v) is 8.02. The van der Waals surface area contributed by atoms with Crippen molar-refractivity contribution in [3.63, 3.8) is 0 Å². The lowest BCUT2D eigenvalue weighted by molar-refractivity contribution is -0.127. The number of sulfonamides is 1. The van der Waals surface area contributed by atoms with E-state index < -0.39 is 10.0 Å². The molecule has 1 aliphatic carbocycles. The first-order chi connectivity index (χ1) is 12.7. The molecule has 0 spiro atoms. The third-order valence-electron chi connectivity index (χ3n) is 6.13. The van der Waals surface area contributed by atoms with Gasteiger partial charge in [0.25, 0.3) is 0 Å². The van der Waals surface area contributed by atoms with Crippen molar-refractivity contribution in [2.75, 3.05) is 13.1 Å². The number of carbonyl (C=O) groups excluding carboxylic acids is 1. The molecule has 150 valence electrons. The highest BCUT2D eigenvalue weighted by atomic mass is 32.2. The highest BCUT2D eigenvalue weighted by Gasteiger charge is 2.33. The Morgan fingerprint density at radius 1 is 1.15 bits per heavy atom.